The molecule has 0 aromatic heterocycles. The molecule has 0 aliphatic heterocycles. The third-order valence-electron chi connectivity index (χ3n) is 3.86. The maximum atomic E-state index is 11.7. The number of carbonyl (C=O) groups is 1. The summed E-state index contributed by atoms with van der Waals surface area (Å²) in [5, 5.41) is 9.19. The van der Waals surface area contributed by atoms with Crippen molar-refractivity contribution in [3.8, 4) is 5.75 Å². The van der Waals surface area contributed by atoms with E-state index in [1.54, 1.807) is 7.11 Å². The zero-order valence-corrected chi connectivity index (χ0v) is 18.8. The van der Waals surface area contributed by atoms with E-state index in [9.17, 15) is 9.90 Å². The first kappa shape index (κ1) is 28.2. The number of rotatable bonds is 22. The van der Waals surface area contributed by atoms with Crippen LogP contribution >= 0.6 is 0 Å². The van der Waals surface area contributed by atoms with Crippen LogP contribution in [0.3, 0.4) is 0 Å². The van der Waals surface area contributed by atoms with Crippen molar-refractivity contribution in [1.82, 2.24) is 0 Å². The predicted molar refractivity (Wildman–Crippen MR) is 115 cm³/mol. The minimum absolute atomic E-state index is 0.0982. The van der Waals surface area contributed by atoms with Crippen molar-refractivity contribution >= 4 is 5.97 Å². The molecule has 0 atom stereocenters. The Kier molecular flexibility index (Phi) is 18.6. The molecule has 1 N–H and O–H groups in total. The van der Waals surface area contributed by atoms with Gasteiger partial charge >= 0.3 is 5.97 Å². The number of phenolic OH excluding ortho intramolecular Hbond substituents is 1. The Bertz CT molecular complexity index is 552. The van der Waals surface area contributed by atoms with Crippen molar-refractivity contribution in [2.45, 2.75) is 0 Å². The lowest BCUT2D eigenvalue weighted by Gasteiger charge is -2.08. The molecule has 1 aromatic rings. The molecule has 0 bridgehead atoms. The van der Waals surface area contributed by atoms with E-state index in [1.165, 1.54) is 24.3 Å². The fourth-order valence-electron chi connectivity index (χ4n) is 2.22. The van der Waals surface area contributed by atoms with Gasteiger partial charge in [-0.2, -0.15) is 0 Å². The number of esters is 1. The Morgan fingerprint density at radius 2 is 0.938 bits per heavy atom. The van der Waals surface area contributed by atoms with Crippen molar-refractivity contribution in [2.24, 2.45) is 0 Å². The van der Waals surface area contributed by atoms with E-state index in [0.717, 1.165) is 0 Å². The normalized spacial score (nSPS) is 11.0. The smallest absolute Gasteiger partial charge is 0.338 e. The van der Waals surface area contributed by atoms with E-state index in [2.05, 4.69) is 0 Å². The Morgan fingerprint density at radius 3 is 1.31 bits per heavy atom. The van der Waals surface area contributed by atoms with Gasteiger partial charge in [-0.1, -0.05) is 0 Å². The van der Waals surface area contributed by atoms with Gasteiger partial charge in [0.25, 0.3) is 0 Å². The molecule has 0 radical (unpaired) electrons. The highest BCUT2D eigenvalue weighted by Gasteiger charge is 2.06. The highest BCUT2D eigenvalue weighted by Crippen LogP contribution is 2.10. The summed E-state index contributed by atoms with van der Waals surface area (Å²) in [5.74, 6) is -0.358. The molecule has 0 unspecified atom stereocenters. The molecule has 0 saturated heterocycles. The molecule has 0 aliphatic rings. The van der Waals surface area contributed by atoms with Gasteiger partial charge < -0.3 is 43.0 Å². The molecule has 184 valence electrons. The fraction of sp³-hybridized carbons (Fsp3) is 0.682. The minimum Gasteiger partial charge on any atom is -0.508 e. The summed E-state index contributed by atoms with van der Waals surface area (Å²) < 4.78 is 42.1. The summed E-state index contributed by atoms with van der Waals surface area (Å²) in [6.07, 6.45) is 0. The number of hydrogen-bond donors (Lipinski definition) is 1. The first-order valence-electron chi connectivity index (χ1n) is 10.7. The van der Waals surface area contributed by atoms with Gasteiger partial charge in [0.2, 0.25) is 0 Å². The summed E-state index contributed by atoms with van der Waals surface area (Å²) in [6.45, 7) is 6.47. The first-order valence-corrected chi connectivity index (χ1v) is 10.7. The summed E-state index contributed by atoms with van der Waals surface area (Å²) >= 11 is 0. The maximum absolute atomic E-state index is 11.7. The number of methoxy groups -OCH3 is 1. The number of phenols is 1. The van der Waals surface area contributed by atoms with Crippen LogP contribution in [0.4, 0.5) is 0 Å². The SMILES string of the molecule is COCCOCCOCCOCCOCCOCCOCCOC(=O)c1ccc(O)cc1. The molecule has 1 aromatic carbocycles. The van der Waals surface area contributed by atoms with Gasteiger partial charge in [0.05, 0.1) is 91.5 Å². The van der Waals surface area contributed by atoms with Gasteiger partial charge in [-0.05, 0) is 24.3 Å². The highest BCUT2D eigenvalue weighted by atomic mass is 16.6. The molecular formula is C22H36O10. The van der Waals surface area contributed by atoms with Crippen LogP contribution in [0.25, 0.3) is 0 Å². The Hall–Kier alpha value is -1.79. The first-order chi connectivity index (χ1) is 15.7. The Morgan fingerprint density at radius 1 is 0.594 bits per heavy atom. The van der Waals surface area contributed by atoms with Crippen LogP contribution < -0.4 is 0 Å². The summed E-state index contributed by atoms with van der Waals surface area (Å²) in [5.41, 5.74) is 0.379. The molecule has 10 heteroatoms. The molecule has 0 heterocycles. The Balaban J connectivity index is 1.73. The molecule has 1 rings (SSSR count). The molecule has 10 nitrogen and oxygen atoms in total. The van der Waals surface area contributed by atoms with Gasteiger partial charge in [0.1, 0.15) is 12.4 Å². The zero-order chi connectivity index (χ0) is 23.1. The van der Waals surface area contributed by atoms with Crippen LogP contribution in [0.1, 0.15) is 10.4 Å². The molecule has 0 spiro atoms. The summed E-state index contributed by atoms with van der Waals surface area (Å²) in [4.78, 5) is 11.7. The Labute approximate surface area is 189 Å². The second-order valence-corrected chi connectivity index (χ2v) is 6.35. The number of benzene rings is 1. The van der Waals surface area contributed by atoms with Crippen molar-refractivity contribution in [1.29, 1.82) is 0 Å². The number of hydrogen-bond acceptors (Lipinski definition) is 10. The lowest BCUT2D eigenvalue weighted by molar-refractivity contribution is -0.0211. The van der Waals surface area contributed by atoms with E-state index in [1.807, 2.05) is 0 Å². The second kappa shape index (κ2) is 21.1. The minimum atomic E-state index is -0.457. The largest absolute Gasteiger partial charge is 0.508 e. The topological polar surface area (TPSA) is 111 Å². The monoisotopic (exact) mass is 460 g/mol. The standard InChI is InChI=1S/C22H36O10/c1-25-6-7-26-8-9-27-10-11-28-12-13-29-14-15-30-16-17-31-18-19-32-22(24)20-2-4-21(23)5-3-20/h2-5,23H,6-19H2,1H3. The lowest BCUT2D eigenvalue weighted by Crippen LogP contribution is -2.15. The quantitative estimate of drug-likeness (QED) is 0.201. The van der Waals surface area contributed by atoms with Crippen LogP contribution in [-0.2, 0) is 37.9 Å². The highest BCUT2D eigenvalue weighted by molar-refractivity contribution is 5.89. The molecule has 32 heavy (non-hydrogen) atoms. The third kappa shape index (κ3) is 16.8. The van der Waals surface area contributed by atoms with E-state index in [-0.39, 0.29) is 19.0 Å². The number of aromatic hydroxyl groups is 1. The molecular weight excluding hydrogens is 424 g/mol. The van der Waals surface area contributed by atoms with E-state index in [4.69, 9.17) is 37.9 Å². The van der Waals surface area contributed by atoms with E-state index >= 15 is 0 Å². The van der Waals surface area contributed by atoms with Gasteiger partial charge in [-0.3, -0.25) is 0 Å². The number of carbonyl (C=O) groups excluding carboxylic acids is 1. The average Bonchev–Trinajstić information content (AvgIpc) is 2.80. The van der Waals surface area contributed by atoms with Crippen molar-refractivity contribution < 1.29 is 47.8 Å². The van der Waals surface area contributed by atoms with Gasteiger partial charge in [0, 0.05) is 7.11 Å². The van der Waals surface area contributed by atoms with E-state index in [0.29, 0.717) is 84.8 Å². The maximum Gasteiger partial charge on any atom is 0.338 e. The van der Waals surface area contributed by atoms with Crippen LogP contribution in [0, 0.1) is 0 Å². The second-order valence-electron chi connectivity index (χ2n) is 6.35. The van der Waals surface area contributed by atoms with Crippen LogP contribution in [0.2, 0.25) is 0 Å². The van der Waals surface area contributed by atoms with Gasteiger partial charge in [0.15, 0.2) is 0 Å². The fourth-order valence-corrected chi connectivity index (χ4v) is 2.22. The van der Waals surface area contributed by atoms with Crippen LogP contribution in [0.5, 0.6) is 5.75 Å². The van der Waals surface area contributed by atoms with Crippen molar-refractivity contribution in [3.05, 3.63) is 29.8 Å². The van der Waals surface area contributed by atoms with Crippen LogP contribution in [0.15, 0.2) is 24.3 Å². The van der Waals surface area contributed by atoms with Gasteiger partial charge in [-0.25, -0.2) is 4.79 Å². The molecule has 0 aliphatic carbocycles. The van der Waals surface area contributed by atoms with Crippen LogP contribution in [-0.4, -0.2) is 111 Å². The van der Waals surface area contributed by atoms with Gasteiger partial charge in [-0.15, -0.1) is 0 Å². The van der Waals surface area contributed by atoms with E-state index < -0.39 is 5.97 Å². The number of ether oxygens (including phenoxy) is 8. The summed E-state index contributed by atoms with van der Waals surface area (Å²) in [7, 11) is 1.64. The third-order valence-corrected chi connectivity index (χ3v) is 3.86. The van der Waals surface area contributed by atoms with Crippen molar-refractivity contribution in [3.63, 3.8) is 0 Å². The van der Waals surface area contributed by atoms with Crippen molar-refractivity contribution in [2.75, 3.05) is 99.6 Å². The molecule has 0 saturated carbocycles. The lowest BCUT2D eigenvalue weighted by atomic mass is 10.2. The molecule has 0 fully saturated rings. The predicted octanol–water partition coefficient (Wildman–Crippen LogP) is 1.30. The zero-order valence-electron chi connectivity index (χ0n) is 18.8. The average molecular weight is 461 g/mol. The summed E-state index contributed by atoms with van der Waals surface area (Å²) in [6, 6.07) is 5.86. The molecule has 0 amide bonds.